The van der Waals surface area contributed by atoms with Gasteiger partial charge in [0.2, 0.25) is 5.91 Å². The maximum absolute atomic E-state index is 13.0. The summed E-state index contributed by atoms with van der Waals surface area (Å²) in [5, 5.41) is 2.72. The Kier molecular flexibility index (Phi) is 6.89. The van der Waals surface area contributed by atoms with Crippen LogP contribution in [-0.4, -0.2) is 19.6 Å². The number of carbonyl (C=O) groups excluding carboxylic acids is 1. The van der Waals surface area contributed by atoms with E-state index in [0.717, 1.165) is 25.7 Å². The quantitative estimate of drug-likeness (QED) is 0.712. The number of nitrogens with two attached hydrogens (primary N) is 1. The lowest BCUT2D eigenvalue weighted by molar-refractivity contribution is -0.116. The minimum atomic E-state index is -0.392. The van der Waals surface area contributed by atoms with Gasteiger partial charge in [0.1, 0.15) is 11.6 Å². The van der Waals surface area contributed by atoms with Crippen LogP contribution in [-0.2, 0) is 4.79 Å². The van der Waals surface area contributed by atoms with Gasteiger partial charge in [-0.3, -0.25) is 4.79 Å². The van der Waals surface area contributed by atoms with Crippen LogP contribution in [0.4, 0.5) is 10.1 Å². The van der Waals surface area contributed by atoms with E-state index in [2.05, 4.69) is 5.32 Å². The monoisotopic (exact) mass is 268 g/mol. The van der Waals surface area contributed by atoms with Crippen molar-refractivity contribution in [2.45, 2.75) is 32.1 Å². The third-order valence-electron chi connectivity index (χ3n) is 2.80. The number of amides is 1. The number of ether oxygens (including phenoxy) is 1. The van der Waals surface area contributed by atoms with Crippen LogP contribution < -0.4 is 15.8 Å². The Labute approximate surface area is 113 Å². The molecule has 0 aromatic heterocycles. The highest BCUT2D eigenvalue weighted by molar-refractivity contribution is 5.92. The van der Waals surface area contributed by atoms with E-state index < -0.39 is 5.82 Å². The summed E-state index contributed by atoms with van der Waals surface area (Å²) in [6.07, 6.45) is 4.31. The first-order valence-corrected chi connectivity index (χ1v) is 6.51. The van der Waals surface area contributed by atoms with E-state index in [4.69, 9.17) is 10.5 Å². The standard InChI is InChI=1S/C14H21FN2O2/c1-19-13-10-11(15)7-8-12(13)17-14(18)6-4-2-3-5-9-16/h7-8,10H,2-6,9,16H2,1H3,(H,17,18). The largest absolute Gasteiger partial charge is 0.494 e. The van der Waals surface area contributed by atoms with E-state index in [1.807, 2.05) is 0 Å². The van der Waals surface area contributed by atoms with Crippen LogP contribution in [0.25, 0.3) is 0 Å². The van der Waals surface area contributed by atoms with Gasteiger partial charge in [0.15, 0.2) is 0 Å². The van der Waals surface area contributed by atoms with Crippen molar-refractivity contribution in [3.8, 4) is 5.75 Å². The van der Waals surface area contributed by atoms with Crippen LogP contribution in [0.2, 0.25) is 0 Å². The first kappa shape index (κ1) is 15.4. The van der Waals surface area contributed by atoms with Crippen molar-refractivity contribution >= 4 is 11.6 Å². The summed E-state index contributed by atoms with van der Waals surface area (Å²) in [5.41, 5.74) is 5.89. The van der Waals surface area contributed by atoms with Gasteiger partial charge in [-0.1, -0.05) is 12.8 Å². The van der Waals surface area contributed by atoms with Gasteiger partial charge < -0.3 is 15.8 Å². The lowest BCUT2D eigenvalue weighted by Crippen LogP contribution is -2.12. The van der Waals surface area contributed by atoms with Crippen molar-refractivity contribution in [3.63, 3.8) is 0 Å². The van der Waals surface area contributed by atoms with Gasteiger partial charge in [0.05, 0.1) is 12.8 Å². The summed E-state index contributed by atoms with van der Waals surface area (Å²) >= 11 is 0. The number of methoxy groups -OCH3 is 1. The molecule has 1 aromatic rings. The number of anilines is 1. The van der Waals surface area contributed by atoms with E-state index >= 15 is 0 Å². The number of hydrogen-bond acceptors (Lipinski definition) is 3. The highest BCUT2D eigenvalue weighted by atomic mass is 19.1. The molecule has 0 atom stereocenters. The predicted molar refractivity (Wildman–Crippen MR) is 73.7 cm³/mol. The number of unbranched alkanes of at least 4 members (excludes halogenated alkanes) is 3. The average molecular weight is 268 g/mol. The maximum Gasteiger partial charge on any atom is 0.224 e. The van der Waals surface area contributed by atoms with Gasteiger partial charge in [-0.2, -0.15) is 0 Å². The Morgan fingerprint density at radius 3 is 2.74 bits per heavy atom. The Morgan fingerprint density at radius 1 is 1.32 bits per heavy atom. The molecule has 19 heavy (non-hydrogen) atoms. The summed E-state index contributed by atoms with van der Waals surface area (Å²) in [5.74, 6) is -0.147. The van der Waals surface area contributed by atoms with Crippen LogP contribution in [0.5, 0.6) is 5.75 Å². The number of benzene rings is 1. The molecule has 0 unspecified atom stereocenters. The van der Waals surface area contributed by atoms with Gasteiger partial charge in [-0.25, -0.2) is 4.39 Å². The van der Waals surface area contributed by atoms with E-state index in [1.165, 1.54) is 25.3 Å². The first-order valence-electron chi connectivity index (χ1n) is 6.51. The maximum atomic E-state index is 13.0. The average Bonchev–Trinajstić information content (AvgIpc) is 2.40. The van der Waals surface area contributed by atoms with E-state index in [1.54, 1.807) is 0 Å². The molecule has 0 aliphatic carbocycles. The van der Waals surface area contributed by atoms with Gasteiger partial charge in [-0.15, -0.1) is 0 Å². The second-order valence-electron chi connectivity index (χ2n) is 4.35. The van der Waals surface area contributed by atoms with Crippen LogP contribution in [0.3, 0.4) is 0 Å². The van der Waals surface area contributed by atoms with Gasteiger partial charge >= 0.3 is 0 Å². The van der Waals surface area contributed by atoms with Gasteiger partial charge in [0, 0.05) is 12.5 Å². The van der Waals surface area contributed by atoms with Crippen molar-refractivity contribution in [2.75, 3.05) is 19.0 Å². The molecule has 0 radical (unpaired) electrons. The number of halogens is 1. The molecule has 106 valence electrons. The summed E-state index contributed by atoms with van der Waals surface area (Å²) < 4.78 is 18.0. The minimum Gasteiger partial charge on any atom is -0.494 e. The van der Waals surface area contributed by atoms with Crippen molar-refractivity contribution in [2.24, 2.45) is 5.73 Å². The molecule has 0 spiro atoms. The van der Waals surface area contributed by atoms with E-state index in [9.17, 15) is 9.18 Å². The molecule has 1 aromatic carbocycles. The van der Waals surface area contributed by atoms with Crippen LogP contribution >= 0.6 is 0 Å². The Morgan fingerprint density at radius 2 is 2.05 bits per heavy atom. The smallest absolute Gasteiger partial charge is 0.224 e. The Bertz CT molecular complexity index is 410. The molecular weight excluding hydrogens is 247 g/mol. The second-order valence-corrected chi connectivity index (χ2v) is 4.35. The molecule has 0 aliphatic rings. The summed E-state index contributed by atoms with van der Waals surface area (Å²) in [6.45, 7) is 0.693. The molecule has 0 fully saturated rings. The van der Waals surface area contributed by atoms with Crippen molar-refractivity contribution in [1.29, 1.82) is 0 Å². The number of rotatable bonds is 8. The zero-order valence-corrected chi connectivity index (χ0v) is 11.2. The van der Waals surface area contributed by atoms with Gasteiger partial charge in [0.25, 0.3) is 0 Å². The molecule has 0 saturated carbocycles. The highest BCUT2D eigenvalue weighted by Crippen LogP contribution is 2.25. The third kappa shape index (κ3) is 5.70. The van der Waals surface area contributed by atoms with E-state index in [-0.39, 0.29) is 5.91 Å². The lowest BCUT2D eigenvalue weighted by atomic mass is 10.1. The normalized spacial score (nSPS) is 10.3. The highest BCUT2D eigenvalue weighted by Gasteiger charge is 2.08. The molecule has 1 amide bonds. The zero-order chi connectivity index (χ0) is 14.1. The molecule has 0 aliphatic heterocycles. The van der Waals surface area contributed by atoms with Crippen molar-refractivity contribution < 1.29 is 13.9 Å². The fourth-order valence-corrected chi connectivity index (χ4v) is 1.76. The molecular formula is C14H21FN2O2. The predicted octanol–water partition coefficient (Wildman–Crippen LogP) is 2.68. The lowest BCUT2D eigenvalue weighted by Gasteiger charge is -2.10. The van der Waals surface area contributed by atoms with Crippen LogP contribution in [0, 0.1) is 5.82 Å². The summed E-state index contributed by atoms with van der Waals surface area (Å²) in [7, 11) is 1.44. The first-order chi connectivity index (χ1) is 9.17. The molecule has 4 nitrogen and oxygen atoms in total. The SMILES string of the molecule is COc1cc(F)ccc1NC(=O)CCCCCCN. The molecule has 0 bridgehead atoms. The van der Waals surface area contributed by atoms with Crippen LogP contribution in [0.15, 0.2) is 18.2 Å². The zero-order valence-electron chi connectivity index (χ0n) is 11.2. The number of hydrogen-bond donors (Lipinski definition) is 2. The van der Waals surface area contributed by atoms with Gasteiger partial charge in [-0.05, 0) is 31.5 Å². The van der Waals surface area contributed by atoms with Crippen molar-refractivity contribution in [1.82, 2.24) is 0 Å². The molecule has 3 N–H and O–H groups in total. The summed E-state index contributed by atoms with van der Waals surface area (Å²) in [4.78, 5) is 11.7. The minimum absolute atomic E-state index is 0.0855. The second kappa shape index (κ2) is 8.48. The topological polar surface area (TPSA) is 64.3 Å². The molecule has 1 rings (SSSR count). The number of nitrogens with one attached hydrogen (secondary N) is 1. The van der Waals surface area contributed by atoms with E-state index in [0.29, 0.717) is 24.4 Å². The third-order valence-corrected chi connectivity index (χ3v) is 2.80. The fraction of sp³-hybridized carbons (Fsp3) is 0.500. The molecule has 0 saturated heterocycles. The number of carbonyl (C=O) groups is 1. The van der Waals surface area contributed by atoms with Crippen LogP contribution in [0.1, 0.15) is 32.1 Å². The molecule has 5 heteroatoms. The Hall–Kier alpha value is -1.62. The fourth-order valence-electron chi connectivity index (χ4n) is 1.76. The van der Waals surface area contributed by atoms with Crippen molar-refractivity contribution in [3.05, 3.63) is 24.0 Å². The Balaban J connectivity index is 2.39. The summed E-state index contributed by atoms with van der Waals surface area (Å²) in [6, 6.07) is 4.04. The molecule has 0 heterocycles.